The molecule has 0 saturated carbocycles. The van der Waals surface area contributed by atoms with Gasteiger partial charge in [-0.1, -0.05) is 32.0 Å². The summed E-state index contributed by atoms with van der Waals surface area (Å²) >= 11 is 1.81. The monoisotopic (exact) mass is 295 g/mol. The van der Waals surface area contributed by atoms with Gasteiger partial charge in [-0.25, -0.2) is 0 Å². The molecule has 0 amide bonds. The maximum Gasteiger partial charge on any atom is 0.124 e. The van der Waals surface area contributed by atoms with Crippen molar-refractivity contribution >= 4 is 11.8 Å². The summed E-state index contributed by atoms with van der Waals surface area (Å²) in [6.07, 6.45) is 0.812. The zero-order valence-electron chi connectivity index (χ0n) is 12.5. The lowest BCUT2D eigenvalue weighted by atomic mass is 10.00. The van der Waals surface area contributed by atoms with Crippen molar-refractivity contribution in [2.45, 2.75) is 49.8 Å². The van der Waals surface area contributed by atoms with Crippen molar-refractivity contribution in [2.24, 2.45) is 0 Å². The van der Waals surface area contributed by atoms with Crippen LogP contribution in [-0.4, -0.2) is 34.9 Å². The molecule has 0 aliphatic carbocycles. The summed E-state index contributed by atoms with van der Waals surface area (Å²) < 4.78 is 5.88. The van der Waals surface area contributed by atoms with Crippen LogP contribution in [0.5, 0.6) is 5.75 Å². The summed E-state index contributed by atoms with van der Waals surface area (Å²) in [6, 6.07) is 8.55. The van der Waals surface area contributed by atoms with E-state index in [0.29, 0.717) is 17.9 Å². The topological polar surface area (TPSA) is 41.5 Å². The average Bonchev–Trinajstić information content (AvgIpc) is 2.45. The minimum atomic E-state index is -0.302. The summed E-state index contributed by atoms with van der Waals surface area (Å²) in [7, 11) is 0. The van der Waals surface area contributed by atoms with Crippen LogP contribution in [0.3, 0.4) is 0 Å². The fourth-order valence-electron chi connectivity index (χ4n) is 2.39. The van der Waals surface area contributed by atoms with E-state index in [1.165, 1.54) is 5.56 Å². The van der Waals surface area contributed by atoms with E-state index in [1.807, 2.05) is 30.8 Å². The van der Waals surface area contributed by atoms with Gasteiger partial charge in [0.25, 0.3) is 0 Å². The van der Waals surface area contributed by atoms with Gasteiger partial charge in [-0.15, -0.1) is 11.8 Å². The fraction of sp³-hybridized carbons (Fsp3) is 0.625. The highest BCUT2D eigenvalue weighted by Gasteiger charge is 2.32. The Balaban J connectivity index is 2.15. The number of hydrogen-bond donors (Lipinski definition) is 2. The van der Waals surface area contributed by atoms with Gasteiger partial charge in [0.2, 0.25) is 0 Å². The van der Waals surface area contributed by atoms with Crippen LogP contribution in [0.25, 0.3) is 0 Å². The molecule has 0 bridgehead atoms. The Kier molecular flexibility index (Phi) is 5.75. The predicted octanol–water partition coefficient (Wildman–Crippen LogP) is 2.99. The van der Waals surface area contributed by atoms with Crippen LogP contribution in [0.2, 0.25) is 0 Å². The third kappa shape index (κ3) is 3.68. The third-order valence-electron chi connectivity index (χ3n) is 3.71. The van der Waals surface area contributed by atoms with Gasteiger partial charge >= 0.3 is 0 Å². The molecule has 112 valence electrons. The Bertz CT molecular complexity index is 425. The number of benzene rings is 1. The molecular weight excluding hydrogens is 270 g/mol. The van der Waals surface area contributed by atoms with Gasteiger partial charge in [-0.3, -0.25) is 0 Å². The highest BCUT2D eigenvalue weighted by Crippen LogP contribution is 2.39. The summed E-state index contributed by atoms with van der Waals surface area (Å²) in [6.45, 7) is 7.80. The van der Waals surface area contributed by atoms with Crippen LogP contribution in [0, 0.1) is 0 Å². The summed E-state index contributed by atoms with van der Waals surface area (Å²) in [5.41, 5.74) is 1.24. The Morgan fingerprint density at radius 3 is 2.85 bits per heavy atom. The highest BCUT2D eigenvalue weighted by molar-refractivity contribution is 8.00. The van der Waals surface area contributed by atoms with Crippen LogP contribution < -0.4 is 10.1 Å². The van der Waals surface area contributed by atoms with E-state index in [9.17, 15) is 5.11 Å². The molecule has 1 aliphatic heterocycles. The molecule has 1 aromatic carbocycles. The Morgan fingerprint density at radius 1 is 1.40 bits per heavy atom. The SMILES string of the molecule is CCCNC1c2ccccc2OCC1SC(C)C(C)O. The van der Waals surface area contributed by atoms with E-state index >= 15 is 0 Å². The average molecular weight is 295 g/mol. The molecule has 2 rings (SSSR count). The molecule has 0 saturated heterocycles. The summed E-state index contributed by atoms with van der Waals surface area (Å²) in [5, 5.41) is 13.9. The van der Waals surface area contributed by atoms with E-state index < -0.39 is 0 Å². The van der Waals surface area contributed by atoms with Crippen molar-refractivity contribution in [2.75, 3.05) is 13.2 Å². The number of aliphatic hydroxyl groups excluding tert-OH is 1. The lowest BCUT2D eigenvalue weighted by molar-refractivity contribution is 0.195. The molecule has 4 unspecified atom stereocenters. The number of para-hydroxylation sites is 1. The third-order valence-corrected chi connectivity index (χ3v) is 5.29. The van der Waals surface area contributed by atoms with Gasteiger partial charge in [0.15, 0.2) is 0 Å². The van der Waals surface area contributed by atoms with Crippen molar-refractivity contribution in [3.8, 4) is 5.75 Å². The van der Waals surface area contributed by atoms with Gasteiger partial charge in [0, 0.05) is 10.8 Å². The maximum absolute atomic E-state index is 9.73. The molecular formula is C16H25NO2S. The second-order valence-corrected chi connectivity index (χ2v) is 7.02. The summed E-state index contributed by atoms with van der Waals surface area (Å²) in [4.78, 5) is 0. The normalized spacial score (nSPS) is 24.6. The van der Waals surface area contributed by atoms with Crippen LogP contribution in [0.1, 0.15) is 38.8 Å². The standard InChI is InChI=1S/C16H25NO2S/c1-4-9-17-16-13-7-5-6-8-14(13)19-10-15(16)20-12(3)11(2)18/h5-8,11-12,15-18H,4,9-10H2,1-3H3. The molecule has 2 N–H and O–H groups in total. The van der Waals surface area contributed by atoms with Gasteiger partial charge in [-0.05, 0) is 26.0 Å². The molecule has 1 aliphatic rings. The van der Waals surface area contributed by atoms with E-state index in [1.54, 1.807) is 0 Å². The highest BCUT2D eigenvalue weighted by atomic mass is 32.2. The molecule has 20 heavy (non-hydrogen) atoms. The van der Waals surface area contributed by atoms with Gasteiger partial charge in [0.05, 0.1) is 17.4 Å². The van der Waals surface area contributed by atoms with E-state index in [0.717, 1.165) is 18.7 Å². The number of nitrogens with one attached hydrogen (secondary N) is 1. The fourth-order valence-corrected chi connectivity index (χ4v) is 3.71. The molecule has 4 atom stereocenters. The second kappa shape index (κ2) is 7.34. The minimum Gasteiger partial charge on any atom is -0.492 e. The minimum absolute atomic E-state index is 0.208. The Morgan fingerprint density at radius 2 is 2.15 bits per heavy atom. The molecule has 0 spiro atoms. The zero-order valence-corrected chi connectivity index (χ0v) is 13.3. The first-order valence-electron chi connectivity index (χ1n) is 7.42. The largest absolute Gasteiger partial charge is 0.492 e. The molecule has 3 nitrogen and oxygen atoms in total. The first kappa shape index (κ1) is 15.7. The second-order valence-electron chi connectivity index (χ2n) is 5.40. The van der Waals surface area contributed by atoms with Crippen LogP contribution in [0.4, 0.5) is 0 Å². The lowest BCUT2D eigenvalue weighted by Crippen LogP contribution is -2.39. The number of fused-ring (bicyclic) bond motifs is 1. The molecule has 0 aromatic heterocycles. The van der Waals surface area contributed by atoms with E-state index in [4.69, 9.17) is 4.74 Å². The first-order valence-corrected chi connectivity index (χ1v) is 8.36. The lowest BCUT2D eigenvalue weighted by Gasteiger charge is -2.35. The van der Waals surface area contributed by atoms with E-state index in [-0.39, 0.29) is 11.4 Å². The van der Waals surface area contributed by atoms with Gasteiger partial charge in [-0.2, -0.15) is 0 Å². The van der Waals surface area contributed by atoms with Crippen LogP contribution >= 0.6 is 11.8 Å². The van der Waals surface area contributed by atoms with Gasteiger partial charge < -0.3 is 15.2 Å². The Labute approximate surface area is 126 Å². The first-order chi connectivity index (χ1) is 9.63. The van der Waals surface area contributed by atoms with E-state index in [2.05, 4.69) is 31.3 Å². The predicted molar refractivity (Wildman–Crippen MR) is 85.5 cm³/mol. The number of hydrogen-bond acceptors (Lipinski definition) is 4. The smallest absolute Gasteiger partial charge is 0.124 e. The van der Waals surface area contributed by atoms with Crippen LogP contribution in [-0.2, 0) is 0 Å². The van der Waals surface area contributed by atoms with Crippen molar-refractivity contribution in [3.05, 3.63) is 29.8 Å². The number of ether oxygens (including phenoxy) is 1. The van der Waals surface area contributed by atoms with Crippen LogP contribution in [0.15, 0.2) is 24.3 Å². The molecule has 0 radical (unpaired) electrons. The Hall–Kier alpha value is -0.710. The number of thioether (sulfide) groups is 1. The summed E-state index contributed by atoms with van der Waals surface area (Å²) in [5.74, 6) is 0.989. The number of aliphatic hydroxyl groups is 1. The quantitative estimate of drug-likeness (QED) is 0.846. The van der Waals surface area contributed by atoms with Crippen molar-refractivity contribution in [1.29, 1.82) is 0 Å². The van der Waals surface area contributed by atoms with Crippen molar-refractivity contribution < 1.29 is 9.84 Å². The molecule has 1 aromatic rings. The molecule has 1 heterocycles. The van der Waals surface area contributed by atoms with Gasteiger partial charge in [0.1, 0.15) is 12.4 Å². The van der Waals surface area contributed by atoms with Crippen molar-refractivity contribution in [3.63, 3.8) is 0 Å². The number of rotatable bonds is 6. The van der Waals surface area contributed by atoms with Crippen molar-refractivity contribution in [1.82, 2.24) is 5.32 Å². The maximum atomic E-state index is 9.73. The molecule has 0 fully saturated rings. The zero-order chi connectivity index (χ0) is 14.5. The molecule has 4 heteroatoms.